The van der Waals surface area contributed by atoms with Crippen molar-refractivity contribution in [2.75, 3.05) is 20.4 Å². The molecule has 15 heavy (non-hydrogen) atoms. The zero-order valence-electron chi connectivity index (χ0n) is 8.44. The minimum absolute atomic E-state index is 0.416. The van der Waals surface area contributed by atoms with Crippen LogP contribution in [0.3, 0.4) is 0 Å². The van der Waals surface area contributed by atoms with Crippen LogP contribution >= 0.6 is 7.60 Å². The second-order valence-electron chi connectivity index (χ2n) is 3.32. The molecule has 2 unspecified atom stereocenters. The lowest BCUT2D eigenvalue weighted by Crippen LogP contribution is -2.36. The van der Waals surface area contributed by atoms with Gasteiger partial charge in [-0.2, -0.15) is 0 Å². The van der Waals surface area contributed by atoms with E-state index in [2.05, 4.69) is 0 Å². The van der Waals surface area contributed by atoms with E-state index in [0.29, 0.717) is 0 Å². The summed E-state index contributed by atoms with van der Waals surface area (Å²) in [5.41, 5.74) is 0. The van der Waals surface area contributed by atoms with E-state index in [1.807, 2.05) is 0 Å². The minimum atomic E-state index is -3.74. The lowest BCUT2D eigenvalue weighted by Gasteiger charge is -2.20. The molecular weight excluding hydrogens is 227 g/mol. The Hall–Kier alpha value is -0.0100. The predicted molar refractivity (Wildman–Crippen MR) is 49.4 cm³/mol. The second-order valence-corrected chi connectivity index (χ2v) is 5.14. The summed E-state index contributed by atoms with van der Waals surface area (Å²) in [6.07, 6.45) is -4.10. The molecule has 1 heterocycles. The Kier molecular flexibility index (Phi) is 4.25. The fourth-order valence-electron chi connectivity index (χ4n) is 1.38. The van der Waals surface area contributed by atoms with E-state index in [4.69, 9.17) is 24.0 Å². The molecule has 0 aliphatic carbocycles. The van der Waals surface area contributed by atoms with Gasteiger partial charge in [0.1, 0.15) is 18.3 Å². The monoisotopic (exact) mass is 242 g/mol. The second kappa shape index (κ2) is 4.88. The first-order valence-corrected chi connectivity index (χ1v) is 6.37. The number of aliphatic hydroxyl groups is 2. The summed E-state index contributed by atoms with van der Waals surface area (Å²) in [4.78, 5) is 9.02. The van der Waals surface area contributed by atoms with Crippen molar-refractivity contribution in [3.8, 4) is 0 Å². The summed E-state index contributed by atoms with van der Waals surface area (Å²) >= 11 is 0. The standard InChI is InChI=1S/C7H15O7P/c1-12-7-6(14-15(2,10)11)5(9)4(3-8)13-7/h4-9H,3H2,1-2H3,(H,10,11)/t4-,5-,6-,7?/m1/s1. The third-order valence-electron chi connectivity index (χ3n) is 2.02. The molecule has 0 radical (unpaired) electrons. The Labute approximate surface area is 87.1 Å². The molecule has 1 aliphatic heterocycles. The Morgan fingerprint density at radius 2 is 2.13 bits per heavy atom. The number of ether oxygens (including phenoxy) is 2. The highest BCUT2D eigenvalue weighted by atomic mass is 31.2. The maximum atomic E-state index is 11.0. The molecule has 7 nitrogen and oxygen atoms in total. The predicted octanol–water partition coefficient (Wildman–Crippen LogP) is -1.09. The molecule has 1 rings (SSSR count). The number of methoxy groups -OCH3 is 1. The van der Waals surface area contributed by atoms with Crippen LogP contribution in [0.15, 0.2) is 0 Å². The fraction of sp³-hybridized carbons (Fsp3) is 1.00. The lowest BCUT2D eigenvalue weighted by molar-refractivity contribution is -0.149. The Balaban J connectivity index is 2.72. The molecule has 90 valence electrons. The van der Waals surface area contributed by atoms with Crippen molar-refractivity contribution in [3.05, 3.63) is 0 Å². The molecule has 1 aliphatic rings. The molecule has 0 spiro atoms. The summed E-state index contributed by atoms with van der Waals surface area (Å²) in [5, 5.41) is 18.4. The molecule has 0 aromatic rings. The van der Waals surface area contributed by atoms with Crippen LogP contribution in [0.1, 0.15) is 0 Å². The molecule has 3 N–H and O–H groups in total. The van der Waals surface area contributed by atoms with Crippen molar-refractivity contribution in [3.63, 3.8) is 0 Å². The zero-order valence-corrected chi connectivity index (χ0v) is 9.33. The molecule has 0 bridgehead atoms. The van der Waals surface area contributed by atoms with Crippen LogP contribution in [0, 0.1) is 0 Å². The lowest BCUT2D eigenvalue weighted by atomic mass is 10.1. The number of aliphatic hydroxyl groups excluding tert-OH is 2. The highest BCUT2D eigenvalue weighted by Crippen LogP contribution is 2.42. The molecular formula is C7H15O7P. The van der Waals surface area contributed by atoms with Gasteiger partial charge in [0.05, 0.1) is 6.61 Å². The summed E-state index contributed by atoms with van der Waals surface area (Å²) in [6, 6.07) is 0. The fourth-order valence-corrected chi connectivity index (χ4v) is 2.06. The van der Waals surface area contributed by atoms with Crippen molar-refractivity contribution in [1.29, 1.82) is 0 Å². The average Bonchev–Trinajstić information content (AvgIpc) is 2.42. The SMILES string of the molecule is COC1O[C@H](CO)[C@@H](O)[C@H]1OP(C)(=O)O. The third-order valence-corrected chi connectivity index (χ3v) is 2.66. The molecule has 0 amide bonds. The van der Waals surface area contributed by atoms with Crippen LogP contribution in [0.4, 0.5) is 0 Å². The maximum Gasteiger partial charge on any atom is 0.325 e. The van der Waals surface area contributed by atoms with Gasteiger partial charge in [-0.25, -0.2) is 0 Å². The Morgan fingerprint density at radius 3 is 2.53 bits per heavy atom. The van der Waals surface area contributed by atoms with E-state index in [-0.39, 0.29) is 0 Å². The Morgan fingerprint density at radius 1 is 1.53 bits per heavy atom. The van der Waals surface area contributed by atoms with Gasteiger partial charge in [0, 0.05) is 13.8 Å². The molecule has 1 saturated heterocycles. The highest BCUT2D eigenvalue weighted by molar-refractivity contribution is 7.51. The molecule has 0 aromatic carbocycles. The van der Waals surface area contributed by atoms with Gasteiger partial charge in [-0.3, -0.25) is 9.09 Å². The number of rotatable bonds is 4. The van der Waals surface area contributed by atoms with Gasteiger partial charge >= 0.3 is 7.60 Å². The minimum Gasteiger partial charge on any atom is -0.394 e. The van der Waals surface area contributed by atoms with Gasteiger partial charge in [0.2, 0.25) is 0 Å². The van der Waals surface area contributed by atoms with E-state index in [0.717, 1.165) is 6.66 Å². The van der Waals surface area contributed by atoms with E-state index >= 15 is 0 Å². The van der Waals surface area contributed by atoms with Crippen LogP contribution < -0.4 is 0 Å². The molecule has 1 fully saturated rings. The van der Waals surface area contributed by atoms with Gasteiger partial charge in [-0.1, -0.05) is 0 Å². The van der Waals surface area contributed by atoms with E-state index in [1.165, 1.54) is 7.11 Å². The van der Waals surface area contributed by atoms with E-state index in [9.17, 15) is 9.67 Å². The van der Waals surface area contributed by atoms with Crippen LogP contribution in [-0.4, -0.2) is 60.1 Å². The van der Waals surface area contributed by atoms with Crippen LogP contribution in [-0.2, 0) is 18.6 Å². The summed E-state index contributed by atoms with van der Waals surface area (Å²) in [5.74, 6) is 0. The van der Waals surface area contributed by atoms with Gasteiger partial charge in [0.15, 0.2) is 6.29 Å². The number of hydrogen-bond donors (Lipinski definition) is 3. The maximum absolute atomic E-state index is 11.0. The van der Waals surface area contributed by atoms with Crippen LogP contribution in [0.5, 0.6) is 0 Å². The van der Waals surface area contributed by atoms with Crippen molar-refractivity contribution in [1.82, 2.24) is 0 Å². The largest absolute Gasteiger partial charge is 0.394 e. The average molecular weight is 242 g/mol. The van der Waals surface area contributed by atoms with Crippen molar-refractivity contribution in [2.45, 2.75) is 24.6 Å². The molecule has 5 atom stereocenters. The highest BCUT2D eigenvalue weighted by Gasteiger charge is 2.46. The third kappa shape index (κ3) is 3.22. The normalized spacial score (nSPS) is 40.3. The summed E-state index contributed by atoms with van der Waals surface area (Å²) < 4.78 is 25.6. The first-order chi connectivity index (χ1) is 6.89. The van der Waals surface area contributed by atoms with Crippen LogP contribution in [0.2, 0.25) is 0 Å². The quantitative estimate of drug-likeness (QED) is 0.538. The molecule has 8 heteroatoms. The van der Waals surface area contributed by atoms with Gasteiger partial charge in [-0.05, 0) is 0 Å². The summed E-state index contributed by atoms with van der Waals surface area (Å²) in [6.45, 7) is 0.582. The zero-order chi connectivity index (χ0) is 11.6. The van der Waals surface area contributed by atoms with Crippen molar-refractivity contribution in [2.24, 2.45) is 0 Å². The van der Waals surface area contributed by atoms with E-state index in [1.54, 1.807) is 0 Å². The smallest absolute Gasteiger partial charge is 0.325 e. The van der Waals surface area contributed by atoms with Crippen molar-refractivity contribution >= 4 is 7.60 Å². The van der Waals surface area contributed by atoms with Crippen molar-refractivity contribution < 1.29 is 33.7 Å². The van der Waals surface area contributed by atoms with Gasteiger partial charge in [-0.15, -0.1) is 0 Å². The van der Waals surface area contributed by atoms with Gasteiger partial charge in [0.25, 0.3) is 0 Å². The topological polar surface area (TPSA) is 105 Å². The Bertz CT molecular complexity index is 250. The van der Waals surface area contributed by atoms with Crippen LogP contribution in [0.25, 0.3) is 0 Å². The van der Waals surface area contributed by atoms with Gasteiger partial charge < -0.3 is 24.6 Å². The molecule has 0 aromatic heterocycles. The first-order valence-electron chi connectivity index (χ1n) is 4.35. The van der Waals surface area contributed by atoms with E-state index < -0.39 is 38.8 Å². The first kappa shape index (κ1) is 13.1. The summed E-state index contributed by atoms with van der Waals surface area (Å²) in [7, 11) is -2.43. The number of hydrogen-bond acceptors (Lipinski definition) is 6. The molecule has 0 saturated carbocycles.